The van der Waals surface area contributed by atoms with E-state index < -0.39 is 15.3 Å². The van der Waals surface area contributed by atoms with Gasteiger partial charge in [-0.05, 0) is 49.9 Å². The number of fused-ring (bicyclic) bond motifs is 1. The highest BCUT2D eigenvalue weighted by Gasteiger charge is 2.31. The molecule has 0 saturated carbocycles. The lowest BCUT2D eigenvalue weighted by molar-refractivity contribution is 0.0722. The van der Waals surface area contributed by atoms with Crippen LogP contribution in [-0.4, -0.2) is 42.5 Å². The molecule has 0 spiro atoms. The monoisotopic (exact) mass is 335 g/mol. The quantitative estimate of drug-likeness (QED) is 0.874. The second kappa shape index (κ2) is 5.65. The summed E-state index contributed by atoms with van der Waals surface area (Å²) in [4.78, 5) is 17.4. The topological polar surface area (TPSA) is 96.3 Å². The third-order valence-electron chi connectivity index (χ3n) is 4.45. The Morgan fingerprint density at radius 1 is 1.30 bits per heavy atom. The number of carbonyl (C=O) groups excluding carboxylic acids is 1. The molecule has 124 valence electrons. The zero-order valence-electron chi connectivity index (χ0n) is 13.3. The number of hydrogen-bond acceptors (Lipinski definition) is 3. The predicted molar refractivity (Wildman–Crippen MR) is 89.8 cm³/mol. The smallest absolute Gasteiger partial charge is 0.270 e. The van der Waals surface area contributed by atoms with Gasteiger partial charge in [-0.25, -0.2) is 13.6 Å². The number of nitrogens with two attached hydrogens (primary N) is 1. The zero-order chi connectivity index (χ0) is 16.8. The highest BCUT2D eigenvalue weighted by Crippen LogP contribution is 2.23. The Hall–Kier alpha value is -1.86. The number of hydrogen-bond donors (Lipinski definition) is 2. The first-order valence-electron chi connectivity index (χ1n) is 7.66. The van der Waals surface area contributed by atoms with Gasteiger partial charge >= 0.3 is 0 Å². The average Bonchev–Trinajstić information content (AvgIpc) is 2.90. The van der Waals surface area contributed by atoms with Crippen molar-refractivity contribution in [1.29, 1.82) is 0 Å². The van der Waals surface area contributed by atoms with E-state index in [1.807, 2.05) is 26.0 Å². The van der Waals surface area contributed by atoms with Crippen molar-refractivity contribution in [2.45, 2.75) is 31.9 Å². The third-order valence-corrected chi connectivity index (χ3v) is 5.76. The minimum atomic E-state index is -3.62. The van der Waals surface area contributed by atoms with Crippen LogP contribution in [0.3, 0.4) is 0 Å². The molecule has 6 nitrogen and oxygen atoms in total. The molecular formula is C16H21N3O3S. The summed E-state index contributed by atoms with van der Waals surface area (Å²) < 4.78 is 23.1. The number of primary sulfonamides is 1. The number of piperidine rings is 1. The van der Waals surface area contributed by atoms with Gasteiger partial charge in [0.15, 0.2) is 0 Å². The maximum atomic E-state index is 12.7. The minimum absolute atomic E-state index is 0.158. The molecule has 1 aliphatic rings. The number of nitrogens with zero attached hydrogens (tertiary/aromatic N) is 1. The molecule has 3 rings (SSSR count). The Morgan fingerprint density at radius 2 is 2.04 bits per heavy atom. The van der Waals surface area contributed by atoms with Crippen LogP contribution in [0.25, 0.3) is 10.9 Å². The van der Waals surface area contributed by atoms with Crippen LogP contribution in [-0.2, 0) is 10.0 Å². The fourth-order valence-electron chi connectivity index (χ4n) is 3.28. The summed E-state index contributed by atoms with van der Waals surface area (Å²) in [7, 11) is -3.62. The maximum Gasteiger partial charge on any atom is 0.270 e. The number of carbonyl (C=O) groups is 1. The van der Waals surface area contributed by atoms with Crippen molar-refractivity contribution >= 4 is 26.8 Å². The molecule has 1 fully saturated rings. The Bertz CT molecular complexity index is 870. The first-order valence-corrected chi connectivity index (χ1v) is 9.27. The average molecular weight is 335 g/mol. The molecule has 1 saturated heterocycles. The Kier molecular flexibility index (Phi) is 3.93. The van der Waals surface area contributed by atoms with Crippen molar-refractivity contribution in [2.75, 3.05) is 13.1 Å². The lowest BCUT2D eigenvalue weighted by Crippen LogP contribution is -2.47. The summed E-state index contributed by atoms with van der Waals surface area (Å²) in [6.07, 6.45) is 1.15. The number of amides is 1. The molecule has 1 aromatic carbocycles. The molecule has 0 radical (unpaired) electrons. The van der Waals surface area contributed by atoms with Gasteiger partial charge in [0.25, 0.3) is 5.91 Å². The molecule has 2 heterocycles. The molecule has 23 heavy (non-hydrogen) atoms. The Morgan fingerprint density at radius 3 is 2.74 bits per heavy atom. The van der Waals surface area contributed by atoms with Crippen LogP contribution in [0.15, 0.2) is 18.2 Å². The molecule has 1 aliphatic heterocycles. The van der Waals surface area contributed by atoms with Gasteiger partial charge in [-0.2, -0.15) is 0 Å². The number of rotatable bonds is 2. The molecule has 1 atom stereocenters. The van der Waals surface area contributed by atoms with Crippen molar-refractivity contribution in [2.24, 2.45) is 5.14 Å². The zero-order valence-corrected chi connectivity index (χ0v) is 14.1. The van der Waals surface area contributed by atoms with Crippen LogP contribution in [0.4, 0.5) is 0 Å². The van der Waals surface area contributed by atoms with Crippen LogP contribution >= 0.6 is 0 Å². The standard InChI is InChI=1S/C16H21N3O3S/c1-10-6-11(2)13-8-15(18-14(13)7-10)16(20)19-5-3-4-12(9-19)23(17,21)22/h6-8,12,18H,3-5,9H2,1-2H3,(H2,17,21,22)/t12-/m0/s1. The number of sulfonamides is 1. The van der Waals surface area contributed by atoms with Crippen molar-refractivity contribution in [3.8, 4) is 0 Å². The van der Waals surface area contributed by atoms with Crippen molar-refractivity contribution < 1.29 is 13.2 Å². The molecule has 0 bridgehead atoms. The van der Waals surface area contributed by atoms with Gasteiger partial charge in [-0.1, -0.05) is 6.07 Å². The van der Waals surface area contributed by atoms with Gasteiger partial charge in [0.2, 0.25) is 10.0 Å². The molecule has 3 N–H and O–H groups in total. The molecule has 0 unspecified atom stereocenters. The van der Waals surface area contributed by atoms with Gasteiger partial charge < -0.3 is 9.88 Å². The molecule has 1 aromatic heterocycles. The van der Waals surface area contributed by atoms with E-state index in [2.05, 4.69) is 11.1 Å². The molecule has 7 heteroatoms. The van der Waals surface area contributed by atoms with Crippen LogP contribution < -0.4 is 5.14 Å². The normalized spacial score (nSPS) is 19.3. The van der Waals surface area contributed by atoms with E-state index in [1.54, 1.807) is 4.90 Å². The van der Waals surface area contributed by atoms with Crippen LogP contribution in [0.1, 0.15) is 34.5 Å². The number of aromatic nitrogens is 1. The van der Waals surface area contributed by atoms with E-state index in [-0.39, 0.29) is 12.5 Å². The molecule has 0 aliphatic carbocycles. The number of benzene rings is 1. The van der Waals surface area contributed by atoms with E-state index in [1.165, 1.54) is 0 Å². The summed E-state index contributed by atoms with van der Waals surface area (Å²) in [6, 6.07) is 5.91. The van der Waals surface area contributed by atoms with E-state index in [0.717, 1.165) is 22.0 Å². The summed E-state index contributed by atoms with van der Waals surface area (Å²) in [5.74, 6) is -0.174. The van der Waals surface area contributed by atoms with Crippen molar-refractivity contribution in [3.63, 3.8) is 0 Å². The third kappa shape index (κ3) is 3.11. The second-order valence-corrected chi connectivity index (χ2v) is 8.18. The summed E-state index contributed by atoms with van der Waals surface area (Å²) in [6.45, 7) is 4.73. The summed E-state index contributed by atoms with van der Waals surface area (Å²) in [5.41, 5.74) is 3.65. The Balaban J connectivity index is 1.90. The van der Waals surface area contributed by atoms with Crippen molar-refractivity contribution in [1.82, 2.24) is 9.88 Å². The molecule has 1 amide bonds. The lowest BCUT2D eigenvalue weighted by Gasteiger charge is -2.31. The molecular weight excluding hydrogens is 314 g/mol. The van der Waals surface area contributed by atoms with Crippen molar-refractivity contribution in [3.05, 3.63) is 35.0 Å². The summed E-state index contributed by atoms with van der Waals surface area (Å²) >= 11 is 0. The highest BCUT2D eigenvalue weighted by molar-refractivity contribution is 7.89. The maximum absolute atomic E-state index is 12.7. The fourth-order valence-corrected chi connectivity index (χ4v) is 4.16. The van der Waals surface area contributed by atoms with Gasteiger partial charge in [-0.15, -0.1) is 0 Å². The minimum Gasteiger partial charge on any atom is -0.351 e. The highest BCUT2D eigenvalue weighted by atomic mass is 32.2. The number of H-pyrrole nitrogens is 1. The molecule has 2 aromatic rings. The first kappa shape index (κ1) is 16.0. The van der Waals surface area contributed by atoms with Crippen LogP contribution in [0.5, 0.6) is 0 Å². The van der Waals surface area contributed by atoms with E-state index >= 15 is 0 Å². The van der Waals surface area contributed by atoms with Gasteiger partial charge in [0, 0.05) is 24.0 Å². The van der Waals surface area contributed by atoms with Gasteiger partial charge in [0.05, 0.1) is 5.25 Å². The number of aryl methyl sites for hydroxylation is 2. The second-order valence-electron chi connectivity index (χ2n) is 6.33. The van der Waals surface area contributed by atoms with E-state index in [9.17, 15) is 13.2 Å². The summed E-state index contributed by atoms with van der Waals surface area (Å²) in [5, 5.41) is 5.58. The van der Waals surface area contributed by atoms with Crippen LogP contribution in [0, 0.1) is 13.8 Å². The van der Waals surface area contributed by atoms with E-state index in [4.69, 9.17) is 5.14 Å². The predicted octanol–water partition coefficient (Wildman–Crippen LogP) is 1.68. The van der Waals surface area contributed by atoms with Gasteiger partial charge in [0.1, 0.15) is 5.69 Å². The van der Waals surface area contributed by atoms with Gasteiger partial charge in [-0.3, -0.25) is 4.79 Å². The largest absolute Gasteiger partial charge is 0.351 e. The number of likely N-dealkylation sites (tertiary alicyclic amines) is 1. The lowest BCUT2D eigenvalue weighted by atomic mass is 10.1. The van der Waals surface area contributed by atoms with E-state index in [0.29, 0.717) is 25.1 Å². The first-order chi connectivity index (χ1) is 10.8. The number of aromatic amines is 1. The number of nitrogens with one attached hydrogen (secondary N) is 1. The Labute approximate surface area is 135 Å². The SMILES string of the molecule is Cc1cc(C)c2cc(C(=O)N3CCC[C@H](S(N)(=O)=O)C3)[nH]c2c1. The fraction of sp³-hybridized carbons (Fsp3) is 0.438. The van der Waals surface area contributed by atoms with Crippen LogP contribution in [0.2, 0.25) is 0 Å².